The highest BCUT2D eigenvalue weighted by Gasteiger charge is 2.39. The predicted molar refractivity (Wildman–Crippen MR) is 164 cm³/mol. The molecule has 3 aliphatic heterocycles. The summed E-state index contributed by atoms with van der Waals surface area (Å²) in [5, 5.41) is 9.26. The Balaban J connectivity index is 1.17. The molecule has 2 atom stereocenters. The lowest BCUT2D eigenvalue weighted by atomic mass is 10.0. The Kier molecular flexibility index (Phi) is 7.87. The lowest BCUT2D eigenvalue weighted by Gasteiger charge is -2.29. The monoisotopic (exact) mass is 648 g/mol. The number of nitrogens with one attached hydrogen (secondary N) is 3. The van der Waals surface area contributed by atoms with Crippen LogP contribution in [0.3, 0.4) is 0 Å². The molecule has 0 aliphatic carbocycles. The minimum atomic E-state index is -0.796. The molecule has 4 heterocycles. The van der Waals surface area contributed by atoms with Crippen LogP contribution in [0.5, 0.6) is 5.75 Å². The van der Waals surface area contributed by atoms with E-state index in [1.165, 1.54) is 35.5 Å². The highest BCUT2D eigenvalue weighted by Crippen LogP contribution is 2.36. The molecule has 2 fully saturated rings. The van der Waals surface area contributed by atoms with E-state index in [1.807, 2.05) is 0 Å². The SMILES string of the molecule is O=C1CCC(N2Cc3cc(CNc4cc5c(Nc6ccc(F)c(Cl)c6)ncnc5cc4OC4CCOC4)c(F)cc3C2=O)C(=O)N1. The van der Waals surface area contributed by atoms with E-state index < -0.39 is 29.5 Å². The molecule has 14 heteroatoms. The van der Waals surface area contributed by atoms with Gasteiger partial charge in [0.15, 0.2) is 0 Å². The van der Waals surface area contributed by atoms with Crippen molar-refractivity contribution in [3.63, 3.8) is 0 Å². The number of carbonyl (C=O) groups is 3. The number of amides is 3. The molecule has 1 aromatic heterocycles. The first-order chi connectivity index (χ1) is 22.2. The zero-order valence-electron chi connectivity index (χ0n) is 24.2. The molecule has 11 nitrogen and oxygen atoms in total. The molecule has 0 saturated carbocycles. The minimum Gasteiger partial charge on any atom is -0.486 e. The molecular formula is C32H27ClF2N6O5. The summed E-state index contributed by atoms with van der Waals surface area (Å²) < 4.78 is 40.9. The Morgan fingerprint density at radius 1 is 1.07 bits per heavy atom. The molecule has 236 valence electrons. The van der Waals surface area contributed by atoms with Gasteiger partial charge in [-0.2, -0.15) is 0 Å². The Morgan fingerprint density at radius 3 is 2.72 bits per heavy atom. The number of fused-ring (bicyclic) bond motifs is 2. The normalized spacial score (nSPS) is 19.4. The van der Waals surface area contributed by atoms with Crippen LogP contribution in [0.2, 0.25) is 5.02 Å². The van der Waals surface area contributed by atoms with Gasteiger partial charge in [0.25, 0.3) is 5.91 Å². The molecule has 2 unspecified atom stereocenters. The van der Waals surface area contributed by atoms with Crippen LogP contribution in [-0.4, -0.2) is 57.9 Å². The van der Waals surface area contributed by atoms with Crippen LogP contribution in [0.15, 0.2) is 48.8 Å². The van der Waals surface area contributed by atoms with Gasteiger partial charge in [-0.3, -0.25) is 19.7 Å². The number of hydrogen-bond donors (Lipinski definition) is 3. The predicted octanol–water partition coefficient (Wildman–Crippen LogP) is 4.85. The Labute approximate surface area is 266 Å². The van der Waals surface area contributed by atoms with Crippen molar-refractivity contribution in [3.05, 3.63) is 82.1 Å². The number of carbonyl (C=O) groups excluding carboxylic acids is 3. The van der Waals surface area contributed by atoms with Crippen molar-refractivity contribution in [3.8, 4) is 5.75 Å². The summed E-state index contributed by atoms with van der Waals surface area (Å²) in [7, 11) is 0. The van der Waals surface area contributed by atoms with Gasteiger partial charge in [0.1, 0.15) is 41.7 Å². The number of benzene rings is 3. The van der Waals surface area contributed by atoms with E-state index in [4.69, 9.17) is 21.1 Å². The Hall–Kier alpha value is -4.88. The van der Waals surface area contributed by atoms with E-state index >= 15 is 4.39 Å². The fourth-order valence-corrected chi connectivity index (χ4v) is 6.06. The van der Waals surface area contributed by atoms with E-state index in [0.29, 0.717) is 64.6 Å². The lowest BCUT2D eigenvalue weighted by molar-refractivity contribution is -0.136. The third kappa shape index (κ3) is 5.79. The number of halogens is 3. The van der Waals surface area contributed by atoms with Crippen LogP contribution in [-0.2, 0) is 27.4 Å². The van der Waals surface area contributed by atoms with Crippen LogP contribution in [0.4, 0.5) is 26.0 Å². The highest BCUT2D eigenvalue weighted by atomic mass is 35.5. The third-order valence-corrected chi connectivity index (χ3v) is 8.55. The first-order valence-electron chi connectivity index (χ1n) is 14.7. The van der Waals surface area contributed by atoms with E-state index in [9.17, 15) is 18.8 Å². The van der Waals surface area contributed by atoms with Gasteiger partial charge in [0.05, 0.1) is 29.4 Å². The summed E-state index contributed by atoms with van der Waals surface area (Å²) in [6, 6.07) is 9.79. The number of hydrogen-bond acceptors (Lipinski definition) is 9. The number of piperidine rings is 1. The van der Waals surface area contributed by atoms with E-state index in [1.54, 1.807) is 18.2 Å². The molecule has 0 spiro atoms. The first-order valence-corrected chi connectivity index (χ1v) is 15.1. The molecule has 2 saturated heterocycles. The molecule has 0 radical (unpaired) electrons. The summed E-state index contributed by atoms with van der Waals surface area (Å²) >= 11 is 5.97. The second kappa shape index (κ2) is 12.1. The third-order valence-electron chi connectivity index (χ3n) is 8.26. The van der Waals surface area contributed by atoms with E-state index in [2.05, 4.69) is 25.9 Å². The van der Waals surface area contributed by atoms with Crippen molar-refractivity contribution in [2.45, 2.75) is 44.5 Å². The zero-order valence-corrected chi connectivity index (χ0v) is 25.0. The maximum absolute atomic E-state index is 15.4. The molecule has 3 aromatic carbocycles. The summed E-state index contributed by atoms with van der Waals surface area (Å²) in [5.74, 6) is -1.57. The van der Waals surface area contributed by atoms with Gasteiger partial charge in [-0.05, 0) is 48.4 Å². The minimum absolute atomic E-state index is 0.0405. The summed E-state index contributed by atoms with van der Waals surface area (Å²) in [6.45, 7) is 1.17. The van der Waals surface area contributed by atoms with E-state index in [0.717, 1.165) is 0 Å². The van der Waals surface area contributed by atoms with Gasteiger partial charge in [0, 0.05) is 54.2 Å². The van der Waals surface area contributed by atoms with Gasteiger partial charge < -0.3 is 25.0 Å². The molecule has 7 rings (SSSR count). The second-order valence-corrected chi connectivity index (χ2v) is 11.7. The number of ether oxygens (including phenoxy) is 2. The van der Waals surface area contributed by atoms with Gasteiger partial charge in [-0.15, -0.1) is 0 Å². The van der Waals surface area contributed by atoms with Crippen LogP contribution in [0.25, 0.3) is 10.9 Å². The van der Waals surface area contributed by atoms with E-state index in [-0.39, 0.29) is 48.5 Å². The fourth-order valence-electron chi connectivity index (χ4n) is 5.88. The zero-order chi connectivity index (χ0) is 31.9. The van der Waals surface area contributed by atoms with Gasteiger partial charge in [0.2, 0.25) is 11.8 Å². The van der Waals surface area contributed by atoms with Crippen molar-refractivity contribution < 1.29 is 32.6 Å². The maximum atomic E-state index is 15.4. The molecule has 3 amide bonds. The molecular weight excluding hydrogens is 622 g/mol. The number of anilines is 3. The summed E-state index contributed by atoms with van der Waals surface area (Å²) in [4.78, 5) is 47.3. The standard InChI is InChI=1S/C32H27ClF2N6O5/c33-22-8-18(1-2-23(22)34)39-30-21-10-26(28(11-25(21)37-15-38-30)46-19-5-6-45-14-19)36-12-16-7-17-13-41(32(44)20(17)9-24(16)35)27-3-4-29(42)40-31(27)43/h1-2,7-11,15,19,27,36H,3-6,12-14H2,(H,37,38,39)(H,40,42,43). The van der Waals surface area contributed by atoms with Crippen molar-refractivity contribution in [1.29, 1.82) is 0 Å². The number of imide groups is 1. The van der Waals surface area contributed by atoms with Crippen molar-refractivity contribution in [1.82, 2.24) is 20.2 Å². The number of rotatable bonds is 8. The quantitative estimate of drug-likeness (QED) is 0.229. The summed E-state index contributed by atoms with van der Waals surface area (Å²) in [5.41, 5.74) is 2.71. The smallest absolute Gasteiger partial charge is 0.255 e. The molecule has 4 aromatic rings. The van der Waals surface area contributed by atoms with Crippen molar-refractivity contribution in [2.75, 3.05) is 23.8 Å². The maximum Gasteiger partial charge on any atom is 0.255 e. The van der Waals surface area contributed by atoms with Crippen LogP contribution in [0, 0.1) is 11.6 Å². The van der Waals surface area contributed by atoms with Crippen molar-refractivity contribution >= 4 is 57.4 Å². The largest absolute Gasteiger partial charge is 0.486 e. The first kappa shape index (κ1) is 29.8. The van der Waals surface area contributed by atoms with Crippen LogP contribution >= 0.6 is 11.6 Å². The van der Waals surface area contributed by atoms with Gasteiger partial charge >= 0.3 is 0 Å². The summed E-state index contributed by atoms with van der Waals surface area (Å²) in [6.07, 6.45) is 2.26. The molecule has 3 aliphatic rings. The highest BCUT2D eigenvalue weighted by molar-refractivity contribution is 6.31. The van der Waals surface area contributed by atoms with Crippen LogP contribution < -0.4 is 20.7 Å². The molecule has 0 bridgehead atoms. The lowest BCUT2D eigenvalue weighted by Crippen LogP contribution is -2.52. The van der Waals surface area contributed by atoms with Crippen LogP contribution in [0.1, 0.15) is 40.7 Å². The average molecular weight is 649 g/mol. The number of nitrogens with zero attached hydrogens (tertiary/aromatic N) is 3. The van der Waals surface area contributed by atoms with Crippen molar-refractivity contribution in [2.24, 2.45) is 0 Å². The Bertz CT molecular complexity index is 1900. The number of aromatic nitrogens is 2. The van der Waals surface area contributed by atoms with Gasteiger partial charge in [-0.1, -0.05) is 11.6 Å². The second-order valence-electron chi connectivity index (χ2n) is 11.3. The molecule has 46 heavy (non-hydrogen) atoms. The average Bonchev–Trinajstić information content (AvgIpc) is 3.65. The van der Waals surface area contributed by atoms with Gasteiger partial charge in [-0.25, -0.2) is 18.7 Å². The molecule has 3 N–H and O–H groups in total. The topological polar surface area (TPSA) is 135 Å². The fraction of sp³-hybridized carbons (Fsp3) is 0.281. The Morgan fingerprint density at radius 2 is 1.93 bits per heavy atom.